The first-order valence-corrected chi connectivity index (χ1v) is 20.7. The number of aliphatic hydroxyl groups is 5. The Labute approximate surface area is 341 Å². The molecule has 15 nitrogen and oxygen atoms in total. The van der Waals surface area contributed by atoms with Gasteiger partial charge in [0.1, 0.15) is 48.3 Å². The molecule has 0 saturated carbocycles. The van der Waals surface area contributed by atoms with Gasteiger partial charge in [0, 0.05) is 31.3 Å². The lowest BCUT2D eigenvalue weighted by Gasteiger charge is -2.39. The Bertz CT molecular complexity index is 1530. The number of fused-ring (bicyclic) bond motifs is 1. The Kier molecular flexibility index (Phi) is 18.3. The predicted molar refractivity (Wildman–Crippen MR) is 212 cm³/mol. The second-order valence-electron chi connectivity index (χ2n) is 16.4. The van der Waals surface area contributed by atoms with Crippen molar-refractivity contribution in [3.8, 4) is 0 Å². The number of aliphatic hydroxyl groups excluding tert-OH is 5. The molecular formula is C43H65NO14. The van der Waals surface area contributed by atoms with Gasteiger partial charge in [-0.1, -0.05) is 63.8 Å². The highest BCUT2D eigenvalue weighted by Gasteiger charge is 2.52. The van der Waals surface area contributed by atoms with E-state index < -0.39 is 97.5 Å². The summed E-state index contributed by atoms with van der Waals surface area (Å²) >= 11 is 0. The zero-order valence-corrected chi connectivity index (χ0v) is 34.5. The van der Waals surface area contributed by atoms with Crippen LogP contribution in [0.5, 0.6) is 0 Å². The second-order valence-corrected chi connectivity index (χ2v) is 16.4. The van der Waals surface area contributed by atoms with Crippen LogP contribution < -0.4 is 5.32 Å². The van der Waals surface area contributed by atoms with Crippen molar-refractivity contribution in [3.05, 3.63) is 53.1 Å². The van der Waals surface area contributed by atoms with E-state index in [1.54, 1.807) is 63.3 Å². The van der Waals surface area contributed by atoms with E-state index in [1.807, 2.05) is 0 Å². The zero-order chi connectivity index (χ0) is 42.5. The molecule has 2 saturated heterocycles. The quantitative estimate of drug-likeness (QED) is 0.0772. The summed E-state index contributed by atoms with van der Waals surface area (Å²) < 4.78 is 35.9. The normalized spacial score (nSPS) is 27.4. The van der Waals surface area contributed by atoms with Crippen molar-refractivity contribution in [2.75, 3.05) is 19.8 Å². The largest absolute Gasteiger partial charge is 0.460 e. The first-order chi connectivity index (χ1) is 27.6. The van der Waals surface area contributed by atoms with E-state index in [2.05, 4.69) is 19.2 Å². The highest BCUT2D eigenvalue weighted by molar-refractivity contribution is 5.94. The van der Waals surface area contributed by atoms with Crippen molar-refractivity contribution in [1.82, 2.24) is 5.32 Å². The van der Waals surface area contributed by atoms with E-state index in [1.165, 1.54) is 0 Å². The van der Waals surface area contributed by atoms with E-state index in [4.69, 9.17) is 28.4 Å². The molecule has 0 aromatic heterocycles. The van der Waals surface area contributed by atoms with Gasteiger partial charge in [0.15, 0.2) is 12.1 Å². The molecule has 1 amide bonds. The molecule has 1 aromatic rings. The maximum absolute atomic E-state index is 13.8. The average molecular weight is 820 g/mol. The van der Waals surface area contributed by atoms with Crippen molar-refractivity contribution < 1.29 is 68.3 Å². The summed E-state index contributed by atoms with van der Waals surface area (Å²) in [5.74, 6) is -2.46. The summed E-state index contributed by atoms with van der Waals surface area (Å²) in [4.78, 5) is 39.9. The molecule has 1 aromatic carbocycles. The minimum absolute atomic E-state index is 0.00127. The summed E-state index contributed by atoms with van der Waals surface area (Å²) in [5, 5.41) is 52.6. The molecule has 1 aliphatic carbocycles. The van der Waals surface area contributed by atoms with Crippen molar-refractivity contribution >= 4 is 23.9 Å². The van der Waals surface area contributed by atoms with E-state index in [0.717, 1.165) is 38.5 Å². The molecule has 2 heterocycles. The maximum atomic E-state index is 13.8. The molecule has 4 rings (SSSR count). The van der Waals surface area contributed by atoms with Crippen molar-refractivity contribution in [2.45, 2.75) is 172 Å². The Morgan fingerprint density at radius 2 is 1.69 bits per heavy atom. The summed E-state index contributed by atoms with van der Waals surface area (Å²) in [5.41, 5.74) is 0.519. The molecule has 58 heavy (non-hydrogen) atoms. The van der Waals surface area contributed by atoms with Crippen LogP contribution in [-0.4, -0.2) is 130 Å². The van der Waals surface area contributed by atoms with Gasteiger partial charge in [0.05, 0.1) is 31.4 Å². The number of carbonyl (C=O) groups excluding carboxylic acids is 3. The minimum atomic E-state index is -1.56. The van der Waals surface area contributed by atoms with Gasteiger partial charge in [-0.25, -0.2) is 4.79 Å². The number of ether oxygens (including phenoxy) is 6. The molecule has 0 bridgehead atoms. The summed E-state index contributed by atoms with van der Waals surface area (Å²) in [6, 6.07) is 5.96. The molecule has 15 heteroatoms. The number of amides is 1. The topological polar surface area (TPSA) is 220 Å². The summed E-state index contributed by atoms with van der Waals surface area (Å²) in [6.45, 7) is 8.52. The number of esters is 2. The molecule has 2 aliphatic heterocycles. The van der Waals surface area contributed by atoms with Crippen LogP contribution in [0.15, 0.2) is 42.0 Å². The van der Waals surface area contributed by atoms with Gasteiger partial charge >= 0.3 is 11.9 Å². The smallest absolute Gasteiger partial charge is 0.338 e. The zero-order valence-electron chi connectivity index (χ0n) is 34.5. The fraction of sp³-hybridized carbons (Fsp3) is 0.698. The molecule has 3 aliphatic rings. The van der Waals surface area contributed by atoms with Crippen molar-refractivity contribution in [2.24, 2.45) is 0 Å². The van der Waals surface area contributed by atoms with Gasteiger partial charge in [-0.05, 0) is 63.8 Å². The molecule has 6 N–H and O–H groups in total. The number of hydrogen-bond acceptors (Lipinski definition) is 14. The van der Waals surface area contributed by atoms with Crippen LogP contribution >= 0.6 is 0 Å². The van der Waals surface area contributed by atoms with Crippen LogP contribution in [0.1, 0.15) is 121 Å². The maximum Gasteiger partial charge on any atom is 0.338 e. The number of benzene rings is 1. The van der Waals surface area contributed by atoms with Crippen molar-refractivity contribution in [3.63, 3.8) is 0 Å². The molecule has 0 spiro atoms. The molecule has 0 radical (unpaired) electrons. The standard InChI is InChI=1S/C43H65NO14/c1-6-8-10-19-43(20-11-9-7-2)56-32-24-29(39(51)44-30(25-45)17-18-34(47)57-42(3,4)5)23-31(38(32)58-43)54-40(52)28-16-12-14-27(22-28)15-13-21-53-41-37(50)36(49)35(48)33(26-46)55-41/h12-16,22,24,30-33,35-38,41,45-46,48-50H,6-11,17-21,23,25-26H2,1-5H3,(H,44,51)/t30-,31+,32+,33+,35-,36-,37+,38-,41-/m0/s1. The minimum Gasteiger partial charge on any atom is -0.460 e. The van der Waals surface area contributed by atoms with Crippen molar-refractivity contribution in [1.29, 1.82) is 0 Å². The van der Waals surface area contributed by atoms with Crippen LogP contribution in [0.2, 0.25) is 0 Å². The van der Waals surface area contributed by atoms with Crippen LogP contribution in [-0.2, 0) is 38.0 Å². The number of nitrogens with one attached hydrogen (secondary N) is 1. The third-order valence-electron chi connectivity index (χ3n) is 10.4. The lowest BCUT2D eigenvalue weighted by Crippen LogP contribution is -2.59. The van der Waals surface area contributed by atoms with Gasteiger partial charge in [0.25, 0.3) is 0 Å². The fourth-order valence-corrected chi connectivity index (χ4v) is 7.29. The van der Waals surface area contributed by atoms with E-state index in [-0.39, 0.29) is 31.4 Å². The Hall–Kier alpha value is -3.25. The second kappa shape index (κ2) is 22.4. The Balaban J connectivity index is 1.48. The van der Waals surface area contributed by atoms with E-state index in [9.17, 15) is 39.9 Å². The number of unbranched alkanes of at least 4 members (excludes halogenated alkanes) is 4. The van der Waals surface area contributed by atoms with Crippen LogP contribution in [0, 0.1) is 0 Å². The highest BCUT2D eigenvalue weighted by atomic mass is 16.8. The fourth-order valence-electron chi connectivity index (χ4n) is 7.29. The van der Waals surface area contributed by atoms with Gasteiger partial charge < -0.3 is 59.3 Å². The van der Waals surface area contributed by atoms with Gasteiger partial charge in [-0.2, -0.15) is 0 Å². The summed E-state index contributed by atoms with van der Waals surface area (Å²) in [6.07, 6.45) is 3.10. The van der Waals surface area contributed by atoms with Gasteiger partial charge in [-0.15, -0.1) is 0 Å². The Morgan fingerprint density at radius 3 is 2.33 bits per heavy atom. The third kappa shape index (κ3) is 13.6. The lowest BCUT2D eigenvalue weighted by atomic mass is 9.91. The first kappa shape index (κ1) is 47.4. The first-order valence-electron chi connectivity index (χ1n) is 20.7. The summed E-state index contributed by atoms with van der Waals surface area (Å²) in [7, 11) is 0. The molecule has 0 unspecified atom stereocenters. The number of hydrogen-bond donors (Lipinski definition) is 6. The monoisotopic (exact) mass is 819 g/mol. The van der Waals surface area contributed by atoms with Gasteiger partial charge in [-0.3, -0.25) is 9.59 Å². The molecule has 326 valence electrons. The van der Waals surface area contributed by atoms with Crippen LogP contribution in [0.3, 0.4) is 0 Å². The third-order valence-corrected chi connectivity index (χ3v) is 10.4. The highest BCUT2D eigenvalue weighted by Crippen LogP contribution is 2.43. The van der Waals surface area contributed by atoms with E-state index >= 15 is 0 Å². The van der Waals surface area contributed by atoms with E-state index in [0.29, 0.717) is 24.0 Å². The average Bonchev–Trinajstić information content (AvgIpc) is 3.56. The molecule has 9 atom stereocenters. The molecular weight excluding hydrogens is 754 g/mol. The van der Waals surface area contributed by atoms with Crippen LogP contribution in [0.25, 0.3) is 6.08 Å². The lowest BCUT2D eigenvalue weighted by molar-refractivity contribution is -0.298. The number of rotatable bonds is 21. The van der Waals surface area contributed by atoms with Gasteiger partial charge in [0.2, 0.25) is 5.91 Å². The molecule has 2 fully saturated rings. The predicted octanol–water partition coefficient (Wildman–Crippen LogP) is 3.61. The van der Waals surface area contributed by atoms with Crippen LogP contribution in [0.4, 0.5) is 0 Å². The number of carbonyl (C=O) groups is 3. The Morgan fingerprint density at radius 1 is 0.983 bits per heavy atom. The SMILES string of the molecule is CCCCCC1(CCCCC)O[C@@H]2[C@@H](C=C(C(=O)N[C@H](CO)CCC(=O)OC(C)(C)C)C[C@H]2OC(=O)c2cccc(C=CCO[C@H]3O[C@H](CO)[C@H](O)[C@H](O)[C@H]3O)c2)O1.